The number of likely N-dealkylation sites (tertiary alicyclic amines) is 1. The van der Waals surface area contributed by atoms with E-state index in [9.17, 15) is 27.9 Å². The lowest BCUT2D eigenvalue weighted by molar-refractivity contribution is -0.274. The number of H-pyrrole nitrogens is 1. The molecule has 5 aromatic rings. The van der Waals surface area contributed by atoms with Crippen molar-refractivity contribution in [1.29, 1.82) is 0 Å². The van der Waals surface area contributed by atoms with Crippen molar-refractivity contribution in [2.45, 2.75) is 38.6 Å². The first-order valence-corrected chi connectivity index (χ1v) is 13.3. The number of aromatic hydroxyl groups is 1. The van der Waals surface area contributed by atoms with E-state index in [0.717, 1.165) is 17.7 Å². The third kappa shape index (κ3) is 5.13. The Bertz CT molecular complexity index is 1860. The molecule has 0 bridgehead atoms. The minimum absolute atomic E-state index is 0.118. The van der Waals surface area contributed by atoms with E-state index in [-0.39, 0.29) is 17.6 Å². The highest BCUT2D eigenvalue weighted by atomic mass is 19.4. The van der Waals surface area contributed by atoms with Gasteiger partial charge in [-0.1, -0.05) is 0 Å². The van der Waals surface area contributed by atoms with Crippen molar-refractivity contribution in [3.63, 3.8) is 0 Å². The van der Waals surface area contributed by atoms with Crippen LogP contribution < -0.4 is 10.3 Å². The van der Waals surface area contributed by atoms with Crippen LogP contribution in [0.5, 0.6) is 11.6 Å². The molecule has 0 aliphatic carbocycles. The molecule has 2 aromatic carbocycles. The second-order valence-electron chi connectivity index (χ2n) is 10.0. The molecule has 0 radical (unpaired) electrons. The standard InChI is InChI=1S/C29H25F3N6O4/c1-2-38-22-8-5-18(15-21(22)34-26(39)28(38)41)24-35-23-20(9-12-33-25(23)36-24)16-10-13-37(14-11-16)27(40)17-3-6-19(7-4-17)42-29(30,31)32/h3-9,12,15-16H,2,10-11,13-14H2,1H3,(H,34,39)(H,33,35,36). The molecule has 0 spiro atoms. The van der Waals surface area contributed by atoms with Gasteiger partial charge in [-0.05, 0) is 79.8 Å². The van der Waals surface area contributed by atoms with Gasteiger partial charge in [0.25, 0.3) is 11.8 Å². The molecule has 0 saturated carbocycles. The summed E-state index contributed by atoms with van der Waals surface area (Å²) >= 11 is 0. The third-order valence-electron chi connectivity index (χ3n) is 7.49. The number of piperidine rings is 1. The number of aromatic nitrogens is 5. The zero-order valence-electron chi connectivity index (χ0n) is 22.4. The molecule has 4 heterocycles. The second kappa shape index (κ2) is 10.5. The Hall–Kier alpha value is -4.94. The minimum atomic E-state index is -4.79. The molecule has 1 aliphatic rings. The molecule has 1 amide bonds. The quantitative estimate of drug-likeness (QED) is 0.301. The number of hydrogen-bond donors (Lipinski definition) is 2. The molecular formula is C29H25F3N6O4. The maximum atomic E-state index is 13.0. The number of benzene rings is 2. The van der Waals surface area contributed by atoms with Gasteiger partial charge in [0.2, 0.25) is 0 Å². The first-order chi connectivity index (χ1) is 20.1. The van der Waals surface area contributed by atoms with Gasteiger partial charge in [-0.15, -0.1) is 13.2 Å². The molecule has 0 atom stereocenters. The molecule has 6 rings (SSSR count). The van der Waals surface area contributed by atoms with Gasteiger partial charge in [0.15, 0.2) is 5.65 Å². The smallest absolute Gasteiger partial charge is 0.489 e. The van der Waals surface area contributed by atoms with Crippen LogP contribution in [0.3, 0.4) is 0 Å². The molecule has 2 N–H and O–H groups in total. The molecule has 0 unspecified atom stereocenters. The van der Waals surface area contributed by atoms with Crippen molar-refractivity contribution in [3.8, 4) is 23.0 Å². The predicted molar refractivity (Wildman–Crippen MR) is 147 cm³/mol. The van der Waals surface area contributed by atoms with Crippen molar-refractivity contribution in [1.82, 2.24) is 29.4 Å². The number of fused-ring (bicyclic) bond motifs is 2. The number of pyridine rings is 1. The molecule has 1 saturated heterocycles. The van der Waals surface area contributed by atoms with Crippen LogP contribution in [-0.2, 0) is 6.54 Å². The number of rotatable bonds is 5. The zero-order chi connectivity index (χ0) is 29.6. The van der Waals surface area contributed by atoms with E-state index in [1.54, 1.807) is 23.2 Å². The van der Waals surface area contributed by atoms with Crippen LogP contribution >= 0.6 is 0 Å². The number of nitrogens with one attached hydrogen (secondary N) is 1. The Labute approximate surface area is 236 Å². The highest BCUT2D eigenvalue weighted by Gasteiger charge is 2.31. The Kier molecular flexibility index (Phi) is 6.79. The van der Waals surface area contributed by atoms with Gasteiger partial charge in [-0.3, -0.25) is 9.59 Å². The van der Waals surface area contributed by atoms with Gasteiger partial charge in [0.05, 0.1) is 11.0 Å². The highest BCUT2D eigenvalue weighted by molar-refractivity contribution is 5.94. The van der Waals surface area contributed by atoms with E-state index >= 15 is 0 Å². The molecule has 1 aliphatic heterocycles. The third-order valence-corrected chi connectivity index (χ3v) is 7.49. The number of alkyl halides is 3. The number of imidazole rings is 1. The van der Waals surface area contributed by atoms with Crippen LogP contribution in [0.1, 0.15) is 41.6 Å². The van der Waals surface area contributed by atoms with Crippen LogP contribution in [-0.4, -0.2) is 59.9 Å². The highest BCUT2D eigenvalue weighted by Crippen LogP contribution is 2.34. The number of carbonyl (C=O) groups excluding carboxylic acids is 1. The van der Waals surface area contributed by atoms with Gasteiger partial charge < -0.3 is 24.3 Å². The predicted octanol–water partition coefficient (Wildman–Crippen LogP) is 4.98. The van der Waals surface area contributed by atoms with Crippen LogP contribution in [0.2, 0.25) is 0 Å². The molecular weight excluding hydrogens is 553 g/mol. The van der Waals surface area contributed by atoms with E-state index in [1.807, 2.05) is 19.1 Å². The second-order valence-corrected chi connectivity index (χ2v) is 10.0. The monoisotopic (exact) mass is 578 g/mol. The maximum Gasteiger partial charge on any atom is 0.573 e. The number of ether oxygens (including phenoxy) is 1. The van der Waals surface area contributed by atoms with Gasteiger partial charge in [0, 0.05) is 37.0 Å². The number of aryl methyl sites for hydroxylation is 1. The van der Waals surface area contributed by atoms with Gasteiger partial charge in [-0.2, -0.15) is 0 Å². The van der Waals surface area contributed by atoms with E-state index in [0.29, 0.717) is 71.6 Å². The van der Waals surface area contributed by atoms with E-state index < -0.39 is 17.8 Å². The van der Waals surface area contributed by atoms with Crippen molar-refractivity contribution < 1.29 is 27.8 Å². The Morgan fingerprint density at radius 3 is 2.52 bits per heavy atom. The van der Waals surface area contributed by atoms with Crippen molar-refractivity contribution >= 4 is 28.1 Å². The summed E-state index contributed by atoms with van der Waals surface area (Å²) in [5, 5.41) is 10.0. The minimum Gasteiger partial charge on any atom is -0.489 e. The summed E-state index contributed by atoms with van der Waals surface area (Å²) in [7, 11) is 0. The van der Waals surface area contributed by atoms with Gasteiger partial charge >= 0.3 is 11.9 Å². The molecule has 216 valence electrons. The molecule has 3 aromatic heterocycles. The fourth-order valence-electron chi connectivity index (χ4n) is 5.47. The van der Waals surface area contributed by atoms with Gasteiger partial charge in [-0.25, -0.2) is 15.0 Å². The normalized spacial score (nSPS) is 14.5. The lowest BCUT2D eigenvalue weighted by atomic mass is 9.89. The summed E-state index contributed by atoms with van der Waals surface area (Å²) < 4.78 is 42.6. The summed E-state index contributed by atoms with van der Waals surface area (Å²) in [6.45, 7) is 3.15. The van der Waals surface area contributed by atoms with Crippen LogP contribution in [0.15, 0.2) is 59.5 Å². The first kappa shape index (κ1) is 27.2. The van der Waals surface area contributed by atoms with E-state index in [2.05, 4.69) is 19.7 Å². The summed E-state index contributed by atoms with van der Waals surface area (Å²) in [6, 6.07) is 12.2. The Morgan fingerprint density at radius 1 is 1.10 bits per heavy atom. The van der Waals surface area contributed by atoms with E-state index in [1.165, 1.54) is 16.7 Å². The maximum absolute atomic E-state index is 13.0. The number of carbonyl (C=O) groups is 1. The van der Waals surface area contributed by atoms with Crippen molar-refractivity contribution in [2.75, 3.05) is 13.1 Å². The summed E-state index contributed by atoms with van der Waals surface area (Å²) in [6.07, 6.45) is -1.73. The number of hydrogen-bond acceptors (Lipinski definition) is 7. The topological polar surface area (TPSA) is 126 Å². The molecule has 10 nitrogen and oxygen atoms in total. The lowest BCUT2D eigenvalue weighted by Gasteiger charge is -2.32. The van der Waals surface area contributed by atoms with Gasteiger partial charge in [0.1, 0.15) is 17.1 Å². The number of nitrogens with zero attached hydrogens (tertiary/aromatic N) is 5. The zero-order valence-corrected chi connectivity index (χ0v) is 22.4. The van der Waals surface area contributed by atoms with E-state index in [4.69, 9.17) is 4.98 Å². The molecule has 1 fully saturated rings. The van der Waals surface area contributed by atoms with Crippen molar-refractivity contribution in [2.24, 2.45) is 0 Å². The number of amides is 1. The van der Waals surface area contributed by atoms with Crippen LogP contribution in [0.4, 0.5) is 13.2 Å². The summed E-state index contributed by atoms with van der Waals surface area (Å²) in [4.78, 5) is 43.5. The van der Waals surface area contributed by atoms with Crippen LogP contribution in [0.25, 0.3) is 33.6 Å². The lowest BCUT2D eigenvalue weighted by Crippen LogP contribution is -2.38. The molecule has 42 heavy (non-hydrogen) atoms. The Balaban J connectivity index is 1.20. The van der Waals surface area contributed by atoms with Crippen molar-refractivity contribution in [3.05, 3.63) is 76.2 Å². The Morgan fingerprint density at radius 2 is 1.83 bits per heavy atom. The number of aromatic amines is 1. The largest absolute Gasteiger partial charge is 0.573 e. The SMILES string of the molecule is CCn1c(=O)c(O)nc2cc(-c3nc4c(C5CCN(C(=O)c6ccc(OC(F)(F)F)cc6)CC5)ccnc4[nH]3)ccc21. The summed E-state index contributed by atoms with van der Waals surface area (Å²) in [5.74, 6) is -0.511. The summed E-state index contributed by atoms with van der Waals surface area (Å²) in [5.41, 5.74) is 3.84. The average Bonchev–Trinajstić information content (AvgIpc) is 3.42. The first-order valence-electron chi connectivity index (χ1n) is 13.3. The fourth-order valence-corrected chi connectivity index (χ4v) is 5.47. The number of halogens is 3. The molecule has 13 heteroatoms. The van der Waals surface area contributed by atoms with Crippen LogP contribution in [0, 0.1) is 0 Å². The fraction of sp³-hybridized carbons (Fsp3) is 0.276. The average molecular weight is 579 g/mol.